The fraction of sp³-hybridized carbons (Fsp3) is 0.0870. The van der Waals surface area contributed by atoms with Crippen molar-refractivity contribution in [3.05, 3.63) is 117 Å². The molecule has 138 valence electrons. The van der Waals surface area contributed by atoms with Gasteiger partial charge in [0.25, 0.3) is 5.69 Å². The molecule has 4 rings (SSSR count). The minimum Gasteiger partial charge on any atom is -0.384 e. The average Bonchev–Trinajstić information content (AvgIpc) is 3.14. The third-order valence-electron chi connectivity index (χ3n) is 4.77. The summed E-state index contributed by atoms with van der Waals surface area (Å²) in [6, 6.07) is 21.8. The summed E-state index contributed by atoms with van der Waals surface area (Å²) in [6.45, 7) is 0.555. The molecule has 3 aromatic rings. The van der Waals surface area contributed by atoms with Crippen LogP contribution in [0.15, 0.2) is 83.9 Å². The van der Waals surface area contributed by atoms with Gasteiger partial charge in [-0.15, -0.1) is 0 Å². The molecule has 0 aliphatic carbocycles. The zero-order chi connectivity index (χ0) is 19.5. The van der Waals surface area contributed by atoms with Gasteiger partial charge in [0.2, 0.25) is 0 Å². The number of hydrogen-bond acceptors (Lipinski definition) is 4. The normalized spacial score (nSPS) is 14.0. The Balaban J connectivity index is 1.57. The molecule has 3 aromatic carbocycles. The van der Waals surface area contributed by atoms with E-state index in [1.54, 1.807) is 12.1 Å². The number of nitro benzene ring substituents is 1. The largest absolute Gasteiger partial charge is 0.384 e. The summed E-state index contributed by atoms with van der Waals surface area (Å²) in [5.74, 6) is 0. The van der Waals surface area contributed by atoms with Crippen LogP contribution in [0.4, 0.5) is 5.69 Å². The molecule has 0 spiro atoms. The Hall–Kier alpha value is -3.57. The van der Waals surface area contributed by atoms with E-state index in [0.29, 0.717) is 17.7 Å². The van der Waals surface area contributed by atoms with Crippen molar-refractivity contribution >= 4 is 17.5 Å². The molecular weight excluding hydrogens is 352 g/mol. The molecular formula is C23H18N2O3. The molecule has 1 aliphatic rings. The maximum Gasteiger partial charge on any atom is 0.269 e. The third-order valence-corrected chi connectivity index (χ3v) is 4.77. The molecule has 1 atom stereocenters. The highest BCUT2D eigenvalue weighted by molar-refractivity contribution is 6.13. The van der Waals surface area contributed by atoms with Crippen LogP contribution in [0.1, 0.15) is 33.9 Å². The zero-order valence-corrected chi connectivity index (χ0v) is 15.0. The molecule has 28 heavy (non-hydrogen) atoms. The second kappa shape index (κ2) is 7.58. The van der Waals surface area contributed by atoms with Crippen LogP contribution in [-0.4, -0.2) is 15.7 Å². The zero-order valence-electron chi connectivity index (χ0n) is 15.0. The summed E-state index contributed by atoms with van der Waals surface area (Å²) in [7, 11) is 0. The summed E-state index contributed by atoms with van der Waals surface area (Å²) in [4.78, 5) is 15.1. The molecule has 5 heteroatoms. The fourth-order valence-corrected chi connectivity index (χ4v) is 3.30. The van der Waals surface area contributed by atoms with Crippen LogP contribution in [0.3, 0.4) is 0 Å². The first-order valence-electron chi connectivity index (χ1n) is 8.95. The molecule has 0 aromatic heterocycles. The number of nitro groups is 1. The van der Waals surface area contributed by atoms with Gasteiger partial charge >= 0.3 is 0 Å². The van der Waals surface area contributed by atoms with Crippen molar-refractivity contribution in [3.8, 4) is 0 Å². The van der Waals surface area contributed by atoms with Gasteiger partial charge in [0.1, 0.15) is 6.10 Å². The molecule has 0 saturated carbocycles. The maximum atomic E-state index is 11.0. The highest BCUT2D eigenvalue weighted by Gasteiger charge is 2.19. The van der Waals surface area contributed by atoms with E-state index in [1.165, 1.54) is 12.1 Å². The number of hydrogen-bond donors (Lipinski definition) is 1. The van der Waals surface area contributed by atoms with Crippen LogP contribution in [-0.2, 0) is 6.54 Å². The molecule has 5 nitrogen and oxygen atoms in total. The lowest BCUT2D eigenvalue weighted by Gasteiger charge is -2.13. The second-order valence-corrected chi connectivity index (χ2v) is 6.62. The van der Waals surface area contributed by atoms with E-state index in [1.807, 2.05) is 60.7 Å². The van der Waals surface area contributed by atoms with Gasteiger partial charge in [0, 0.05) is 17.7 Å². The number of aliphatic imine (C=N–C) groups is 1. The SMILES string of the molecule is O=[N+]([O-])c1cccc(C(O)c2ccc3c(c2)CN=C3/C=C/c2ccccc2)c1. The number of non-ortho nitro benzene ring substituents is 1. The third kappa shape index (κ3) is 3.61. The molecule has 1 aliphatic heterocycles. The van der Waals surface area contributed by atoms with E-state index in [4.69, 9.17) is 0 Å². The monoisotopic (exact) mass is 370 g/mol. The quantitative estimate of drug-likeness (QED) is 0.523. The first-order chi connectivity index (χ1) is 13.6. The maximum absolute atomic E-state index is 11.0. The molecule has 1 heterocycles. The summed E-state index contributed by atoms with van der Waals surface area (Å²) < 4.78 is 0. The summed E-state index contributed by atoms with van der Waals surface area (Å²) >= 11 is 0. The predicted molar refractivity (Wildman–Crippen MR) is 109 cm³/mol. The number of allylic oxidation sites excluding steroid dienone is 1. The smallest absolute Gasteiger partial charge is 0.269 e. The first kappa shape index (κ1) is 17.8. The predicted octanol–water partition coefficient (Wildman–Crippen LogP) is 4.69. The topological polar surface area (TPSA) is 75.7 Å². The van der Waals surface area contributed by atoms with Crippen LogP contribution in [0, 0.1) is 10.1 Å². The van der Waals surface area contributed by atoms with Crippen molar-refractivity contribution in [1.82, 2.24) is 0 Å². The van der Waals surface area contributed by atoms with E-state index in [0.717, 1.165) is 22.4 Å². The minimum atomic E-state index is -0.922. The Kier molecular flexibility index (Phi) is 4.83. The molecule has 0 radical (unpaired) electrons. The van der Waals surface area contributed by atoms with Crippen molar-refractivity contribution < 1.29 is 10.0 Å². The van der Waals surface area contributed by atoms with Gasteiger partial charge in [-0.2, -0.15) is 0 Å². The van der Waals surface area contributed by atoms with E-state index in [-0.39, 0.29) is 5.69 Å². The van der Waals surface area contributed by atoms with E-state index < -0.39 is 11.0 Å². The van der Waals surface area contributed by atoms with Crippen molar-refractivity contribution in [1.29, 1.82) is 0 Å². The molecule has 0 fully saturated rings. The van der Waals surface area contributed by atoms with Gasteiger partial charge in [-0.1, -0.05) is 66.7 Å². The van der Waals surface area contributed by atoms with Gasteiger partial charge in [0.05, 0.1) is 17.2 Å². The standard InChI is InChI=1S/C23H18N2O3/c26-23(17-7-4-8-20(14-17)25(27)28)18-10-11-21-19(13-18)15-24-22(21)12-9-16-5-2-1-3-6-16/h1-14,23,26H,15H2/b12-9+. The summed E-state index contributed by atoms with van der Waals surface area (Å²) in [5, 5.41) is 21.6. The molecule has 0 bridgehead atoms. The van der Waals surface area contributed by atoms with Crippen molar-refractivity contribution in [3.63, 3.8) is 0 Å². The lowest BCUT2D eigenvalue weighted by atomic mass is 9.96. The molecule has 1 N–H and O–H groups in total. The number of fused-ring (bicyclic) bond motifs is 1. The second-order valence-electron chi connectivity index (χ2n) is 6.62. The lowest BCUT2D eigenvalue weighted by Crippen LogP contribution is -2.03. The van der Waals surface area contributed by atoms with Crippen LogP contribution < -0.4 is 0 Å². The number of aliphatic hydroxyl groups excluding tert-OH is 1. The average molecular weight is 370 g/mol. The number of benzene rings is 3. The summed E-state index contributed by atoms with van der Waals surface area (Å²) in [5.41, 5.74) is 5.26. The Bertz CT molecular complexity index is 1090. The highest BCUT2D eigenvalue weighted by atomic mass is 16.6. The lowest BCUT2D eigenvalue weighted by molar-refractivity contribution is -0.385. The Morgan fingerprint density at radius 1 is 0.964 bits per heavy atom. The number of nitrogens with zero attached hydrogens (tertiary/aromatic N) is 2. The number of rotatable bonds is 5. The van der Waals surface area contributed by atoms with E-state index >= 15 is 0 Å². The number of aliphatic hydroxyl groups is 1. The van der Waals surface area contributed by atoms with Crippen LogP contribution in [0.5, 0.6) is 0 Å². The highest BCUT2D eigenvalue weighted by Crippen LogP contribution is 2.29. The van der Waals surface area contributed by atoms with Crippen LogP contribution in [0.2, 0.25) is 0 Å². The van der Waals surface area contributed by atoms with Crippen molar-refractivity contribution in [2.24, 2.45) is 4.99 Å². The molecule has 1 unspecified atom stereocenters. The van der Waals surface area contributed by atoms with Gasteiger partial charge < -0.3 is 5.11 Å². The van der Waals surface area contributed by atoms with Gasteiger partial charge in [0.15, 0.2) is 0 Å². The Morgan fingerprint density at radius 2 is 1.75 bits per heavy atom. The van der Waals surface area contributed by atoms with Gasteiger partial charge in [-0.3, -0.25) is 15.1 Å². The van der Waals surface area contributed by atoms with Crippen LogP contribution >= 0.6 is 0 Å². The van der Waals surface area contributed by atoms with Crippen molar-refractivity contribution in [2.45, 2.75) is 12.6 Å². The fourth-order valence-electron chi connectivity index (χ4n) is 3.30. The van der Waals surface area contributed by atoms with E-state index in [2.05, 4.69) is 4.99 Å². The van der Waals surface area contributed by atoms with Gasteiger partial charge in [-0.05, 0) is 28.3 Å². The Labute approximate surface area is 162 Å². The van der Waals surface area contributed by atoms with Crippen molar-refractivity contribution in [2.75, 3.05) is 0 Å². The van der Waals surface area contributed by atoms with E-state index in [9.17, 15) is 15.2 Å². The Morgan fingerprint density at radius 3 is 2.54 bits per heavy atom. The van der Waals surface area contributed by atoms with Gasteiger partial charge in [-0.25, -0.2) is 0 Å². The minimum absolute atomic E-state index is 0.0330. The first-order valence-corrected chi connectivity index (χ1v) is 8.95. The van der Waals surface area contributed by atoms with Crippen LogP contribution in [0.25, 0.3) is 6.08 Å². The molecule has 0 saturated heterocycles. The summed E-state index contributed by atoms with van der Waals surface area (Å²) in [6.07, 6.45) is 3.10. The molecule has 0 amide bonds.